The zero-order chi connectivity index (χ0) is 12.6. The molecule has 1 heterocycles. The van der Waals surface area contributed by atoms with E-state index in [1.165, 1.54) is 0 Å². The molecule has 0 bridgehead atoms. The number of rotatable bonds is 2. The van der Waals surface area contributed by atoms with Gasteiger partial charge in [-0.3, -0.25) is 10.1 Å². The summed E-state index contributed by atoms with van der Waals surface area (Å²) in [6, 6.07) is 5.31. The molecule has 4 nitrogen and oxygen atoms in total. The Bertz CT molecular complexity index is 449. The summed E-state index contributed by atoms with van der Waals surface area (Å²) in [5.74, 6) is 0.754. The number of amides is 1. The van der Waals surface area contributed by atoms with Crippen LogP contribution in [0.25, 0.3) is 0 Å². The summed E-state index contributed by atoms with van der Waals surface area (Å²) in [4.78, 5) is 11.9. The molecule has 1 aliphatic heterocycles. The zero-order valence-electron chi connectivity index (χ0n) is 10.6. The minimum absolute atomic E-state index is 0.0109. The van der Waals surface area contributed by atoms with Gasteiger partial charge in [0.05, 0.1) is 7.11 Å². The number of benzene rings is 1. The molecular formula is C13H18N2O2. The molecule has 92 valence electrons. The topological polar surface area (TPSA) is 50.4 Å². The van der Waals surface area contributed by atoms with Crippen molar-refractivity contribution in [1.29, 1.82) is 0 Å². The number of hydrogen-bond acceptors (Lipinski definition) is 3. The highest BCUT2D eigenvalue weighted by Crippen LogP contribution is 2.34. The zero-order valence-corrected chi connectivity index (χ0v) is 10.6. The largest absolute Gasteiger partial charge is 0.497 e. The van der Waals surface area contributed by atoms with Crippen LogP contribution < -0.4 is 15.4 Å². The molecule has 4 heteroatoms. The maximum atomic E-state index is 11.9. The van der Waals surface area contributed by atoms with Gasteiger partial charge < -0.3 is 10.1 Å². The van der Waals surface area contributed by atoms with Crippen LogP contribution >= 0.6 is 0 Å². The van der Waals surface area contributed by atoms with E-state index >= 15 is 0 Å². The highest BCUT2D eigenvalue weighted by atomic mass is 16.5. The van der Waals surface area contributed by atoms with E-state index in [0.717, 1.165) is 17.0 Å². The van der Waals surface area contributed by atoms with E-state index in [1.54, 1.807) is 7.11 Å². The predicted molar refractivity (Wildman–Crippen MR) is 67.3 cm³/mol. The molecule has 0 saturated carbocycles. The third kappa shape index (κ3) is 2.42. The van der Waals surface area contributed by atoms with E-state index < -0.39 is 0 Å². The number of hydrogen-bond donors (Lipinski definition) is 2. The average molecular weight is 234 g/mol. The molecule has 0 spiro atoms. The van der Waals surface area contributed by atoms with Crippen molar-refractivity contribution >= 4 is 11.6 Å². The number of nitrogens with one attached hydrogen (secondary N) is 2. The van der Waals surface area contributed by atoms with Crippen LogP contribution in [0.5, 0.6) is 5.75 Å². The standard InChI is InChI=1S/C13H18N2O2/c1-13(2,3)15-11-9-7-8(17-4)5-6-10(9)14-12(11)16/h5-7,11,15H,1-4H3,(H,14,16). The second-order valence-corrected chi connectivity index (χ2v) is 5.27. The minimum Gasteiger partial charge on any atom is -0.497 e. The Hall–Kier alpha value is -1.55. The Morgan fingerprint density at radius 3 is 2.65 bits per heavy atom. The fourth-order valence-electron chi connectivity index (χ4n) is 1.94. The van der Waals surface area contributed by atoms with Gasteiger partial charge in [0.2, 0.25) is 5.91 Å². The van der Waals surface area contributed by atoms with Crippen molar-refractivity contribution in [2.45, 2.75) is 32.4 Å². The second-order valence-electron chi connectivity index (χ2n) is 5.27. The highest BCUT2D eigenvalue weighted by molar-refractivity contribution is 6.02. The summed E-state index contributed by atoms with van der Waals surface area (Å²) in [5, 5.41) is 6.17. The van der Waals surface area contributed by atoms with Crippen molar-refractivity contribution in [2.24, 2.45) is 0 Å². The van der Waals surface area contributed by atoms with Gasteiger partial charge >= 0.3 is 0 Å². The fourth-order valence-corrected chi connectivity index (χ4v) is 1.94. The van der Waals surface area contributed by atoms with Gasteiger partial charge in [-0.25, -0.2) is 0 Å². The van der Waals surface area contributed by atoms with Gasteiger partial charge in [0, 0.05) is 16.8 Å². The van der Waals surface area contributed by atoms with Crippen molar-refractivity contribution in [3.8, 4) is 5.75 Å². The normalized spacial score (nSPS) is 18.8. The van der Waals surface area contributed by atoms with Crippen molar-refractivity contribution < 1.29 is 9.53 Å². The number of methoxy groups -OCH3 is 1. The van der Waals surface area contributed by atoms with E-state index in [-0.39, 0.29) is 17.5 Å². The quantitative estimate of drug-likeness (QED) is 0.823. The number of fused-ring (bicyclic) bond motifs is 1. The molecule has 2 rings (SSSR count). The Labute approximate surface area is 101 Å². The Morgan fingerprint density at radius 2 is 2.06 bits per heavy atom. The number of carbonyl (C=O) groups is 1. The number of carbonyl (C=O) groups excluding carboxylic acids is 1. The molecule has 0 aromatic heterocycles. The summed E-state index contributed by atoms with van der Waals surface area (Å²) in [7, 11) is 1.62. The van der Waals surface area contributed by atoms with Crippen LogP contribution in [0.3, 0.4) is 0 Å². The van der Waals surface area contributed by atoms with Gasteiger partial charge in [0.1, 0.15) is 11.8 Å². The highest BCUT2D eigenvalue weighted by Gasteiger charge is 2.33. The average Bonchev–Trinajstić information content (AvgIpc) is 2.53. The summed E-state index contributed by atoms with van der Waals surface area (Å²) in [5.41, 5.74) is 1.69. The number of ether oxygens (including phenoxy) is 1. The van der Waals surface area contributed by atoms with Gasteiger partial charge in [-0.1, -0.05) is 0 Å². The molecule has 1 atom stereocenters. The first kappa shape index (κ1) is 11.9. The van der Waals surface area contributed by atoms with Crippen molar-refractivity contribution in [3.05, 3.63) is 23.8 Å². The smallest absolute Gasteiger partial charge is 0.246 e. The molecule has 0 fully saturated rings. The van der Waals surface area contributed by atoms with Crippen LogP contribution in [0, 0.1) is 0 Å². The van der Waals surface area contributed by atoms with Gasteiger partial charge in [-0.2, -0.15) is 0 Å². The number of anilines is 1. The first-order valence-corrected chi connectivity index (χ1v) is 5.67. The molecule has 0 saturated heterocycles. The summed E-state index contributed by atoms with van der Waals surface area (Å²) in [6.07, 6.45) is 0. The van der Waals surface area contributed by atoms with Crippen LogP contribution in [0.4, 0.5) is 5.69 Å². The van der Waals surface area contributed by atoms with Crippen molar-refractivity contribution in [3.63, 3.8) is 0 Å². The van der Waals surface area contributed by atoms with Gasteiger partial charge in [-0.15, -0.1) is 0 Å². The third-order valence-electron chi connectivity index (χ3n) is 2.67. The van der Waals surface area contributed by atoms with E-state index in [2.05, 4.69) is 10.6 Å². The summed E-state index contributed by atoms with van der Waals surface area (Å²) >= 11 is 0. The van der Waals surface area contributed by atoms with E-state index in [4.69, 9.17) is 4.74 Å². The minimum atomic E-state index is -0.305. The van der Waals surface area contributed by atoms with Crippen molar-refractivity contribution in [2.75, 3.05) is 12.4 Å². The lowest BCUT2D eigenvalue weighted by Crippen LogP contribution is -2.41. The lowest BCUT2D eigenvalue weighted by molar-refractivity contribution is -0.118. The van der Waals surface area contributed by atoms with Crippen molar-refractivity contribution in [1.82, 2.24) is 5.32 Å². The van der Waals surface area contributed by atoms with Crippen LogP contribution in [0.2, 0.25) is 0 Å². The lowest BCUT2D eigenvalue weighted by atomic mass is 10.0. The molecule has 1 aromatic carbocycles. The Morgan fingerprint density at radius 1 is 1.35 bits per heavy atom. The van der Waals surface area contributed by atoms with Crippen LogP contribution in [-0.4, -0.2) is 18.6 Å². The molecule has 1 aromatic rings. The molecule has 1 amide bonds. The maximum Gasteiger partial charge on any atom is 0.246 e. The molecule has 1 unspecified atom stereocenters. The SMILES string of the molecule is COc1ccc2c(c1)C(NC(C)(C)C)C(=O)N2. The predicted octanol–water partition coefficient (Wildman–Crippen LogP) is 2.08. The van der Waals surface area contributed by atoms with Gasteiger partial charge in [-0.05, 0) is 39.0 Å². The van der Waals surface area contributed by atoms with Gasteiger partial charge in [0.25, 0.3) is 0 Å². The van der Waals surface area contributed by atoms with E-state index in [1.807, 2.05) is 39.0 Å². The Kier molecular flexibility index (Phi) is 2.83. The van der Waals surface area contributed by atoms with Crippen LogP contribution in [-0.2, 0) is 4.79 Å². The first-order valence-electron chi connectivity index (χ1n) is 5.67. The summed E-state index contributed by atoms with van der Waals surface area (Å²) in [6.45, 7) is 6.12. The molecular weight excluding hydrogens is 216 g/mol. The second kappa shape index (κ2) is 4.04. The first-order chi connectivity index (χ1) is 7.90. The third-order valence-corrected chi connectivity index (χ3v) is 2.67. The van der Waals surface area contributed by atoms with Gasteiger partial charge in [0.15, 0.2) is 0 Å². The van der Waals surface area contributed by atoms with Crippen LogP contribution in [0.15, 0.2) is 18.2 Å². The fraction of sp³-hybridized carbons (Fsp3) is 0.462. The molecule has 2 N–H and O–H groups in total. The maximum absolute atomic E-state index is 11.9. The van der Waals surface area contributed by atoms with E-state index in [9.17, 15) is 4.79 Å². The Balaban J connectivity index is 2.34. The lowest BCUT2D eigenvalue weighted by Gasteiger charge is -2.24. The molecule has 0 radical (unpaired) electrons. The molecule has 1 aliphatic rings. The molecule has 0 aliphatic carbocycles. The molecule has 17 heavy (non-hydrogen) atoms. The summed E-state index contributed by atoms with van der Waals surface area (Å²) < 4.78 is 5.19. The van der Waals surface area contributed by atoms with Crippen LogP contribution in [0.1, 0.15) is 32.4 Å². The van der Waals surface area contributed by atoms with E-state index in [0.29, 0.717) is 0 Å². The monoisotopic (exact) mass is 234 g/mol.